The van der Waals surface area contributed by atoms with Gasteiger partial charge in [0.2, 0.25) is 5.91 Å². The van der Waals surface area contributed by atoms with E-state index in [1.165, 1.54) is 0 Å². The van der Waals surface area contributed by atoms with Crippen molar-refractivity contribution in [1.29, 1.82) is 0 Å². The summed E-state index contributed by atoms with van der Waals surface area (Å²) in [6.45, 7) is 1.30. The van der Waals surface area contributed by atoms with Crippen molar-refractivity contribution in [1.82, 2.24) is 20.2 Å². The first-order chi connectivity index (χ1) is 15.6. The van der Waals surface area contributed by atoms with E-state index in [9.17, 15) is 9.59 Å². The van der Waals surface area contributed by atoms with Gasteiger partial charge in [-0.3, -0.25) is 9.59 Å². The van der Waals surface area contributed by atoms with Crippen LogP contribution in [0.4, 0.5) is 0 Å². The van der Waals surface area contributed by atoms with E-state index in [-0.39, 0.29) is 11.8 Å². The molecule has 0 saturated carbocycles. The summed E-state index contributed by atoms with van der Waals surface area (Å²) in [5.74, 6) is 1.74. The SMILES string of the molecule is CSCCC(NC(=O)c1ccccc1Cl)C(=O)N1CCC(c2nc3ccccc3[nH]2)CC1. The molecule has 1 fully saturated rings. The quantitative estimate of drug-likeness (QED) is 0.534. The fourth-order valence-corrected chi connectivity index (χ4v) is 4.83. The number of thioether (sulfide) groups is 1. The Morgan fingerprint density at radius 1 is 1.19 bits per heavy atom. The molecule has 1 unspecified atom stereocenters. The van der Waals surface area contributed by atoms with Gasteiger partial charge in [0.05, 0.1) is 21.6 Å². The van der Waals surface area contributed by atoms with Crippen LogP contribution in [0.3, 0.4) is 0 Å². The molecule has 1 aliphatic heterocycles. The Bertz CT molecular complexity index is 1060. The maximum atomic E-state index is 13.3. The summed E-state index contributed by atoms with van der Waals surface area (Å²) < 4.78 is 0. The average molecular weight is 471 g/mol. The number of nitrogens with zero attached hydrogens (tertiary/aromatic N) is 2. The van der Waals surface area contributed by atoms with Gasteiger partial charge in [-0.1, -0.05) is 35.9 Å². The van der Waals surface area contributed by atoms with Gasteiger partial charge < -0.3 is 15.2 Å². The fraction of sp³-hybridized carbons (Fsp3) is 0.375. The van der Waals surface area contributed by atoms with Crippen LogP contribution in [0.5, 0.6) is 0 Å². The van der Waals surface area contributed by atoms with E-state index in [0.29, 0.717) is 36.0 Å². The van der Waals surface area contributed by atoms with Crippen molar-refractivity contribution in [3.63, 3.8) is 0 Å². The molecule has 1 saturated heterocycles. The predicted octanol–water partition coefficient (Wildman–Crippen LogP) is 4.47. The molecule has 2 amide bonds. The first-order valence-electron chi connectivity index (χ1n) is 10.8. The Morgan fingerprint density at radius 2 is 1.91 bits per heavy atom. The van der Waals surface area contributed by atoms with Crippen molar-refractivity contribution in [3.05, 3.63) is 64.9 Å². The number of para-hydroxylation sites is 2. The number of nitrogens with one attached hydrogen (secondary N) is 2. The van der Waals surface area contributed by atoms with E-state index in [2.05, 4.69) is 10.3 Å². The Balaban J connectivity index is 1.40. The second-order valence-corrected chi connectivity index (χ2v) is 9.42. The molecule has 6 nitrogen and oxygen atoms in total. The maximum Gasteiger partial charge on any atom is 0.253 e. The molecule has 1 aliphatic rings. The zero-order chi connectivity index (χ0) is 22.5. The molecule has 1 atom stereocenters. The van der Waals surface area contributed by atoms with Crippen LogP contribution in [0.15, 0.2) is 48.5 Å². The average Bonchev–Trinajstić information content (AvgIpc) is 3.26. The number of H-pyrrole nitrogens is 1. The minimum atomic E-state index is -0.561. The number of halogens is 1. The standard InChI is InChI=1S/C24H27ClN4O2S/c1-32-15-12-21(28-23(30)17-6-2-3-7-18(17)25)24(31)29-13-10-16(11-14-29)22-26-19-8-4-5-9-20(19)27-22/h2-9,16,21H,10-15H2,1H3,(H,26,27)(H,28,30). The third-order valence-corrected chi connectivity index (χ3v) is 6.91. The van der Waals surface area contributed by atoms with Crippen molar-refractivity contribution in [3.8, 4) is 0 Å². The van der Waals surface area contributed by atoms with Crippen molar-refractivity contribution in [2.45, 2.75) is 31.2 Å². The Labute approximate surface area is 197 Å². The Morgan fingerprint density at radius 3 is 2.62 bits per heavy atom. The lowest BCUT2D eigenvalue weighted by Crippen LogP contribution is -2.51. The van der Waals surface area contributed by atoms with Crippen LogP contribution in [0.2, 0.25) is 5.02 Å². The van der Waals surface area contributed by atoms with Gasteiger partial charge in [0.1, 0.15) is 11.9 Å². The molecular formula is C24H27ClN4O2S. The van der Waals surface area contributed by atoms with Crippen LogP contribution in [0, 0.1) is 0 Å². The number of hydrogen-bond acceptors (Lipinski definition) is 4. The molecule has 168 valence electrons. The van der Waals surface area contributed by atoms with Crippen LogP contribution < -0.4 is 5.32 Å². The minimum Gasteiger partial charge on any atom is -0.342 e. The number of rotatable bonds is 7. The summed E-state index contributed by atoms with van der Waals surface area (Å²) in [5.41, 5.74) is 2.40. The zero-order valence-corrected chi connectivity index (χ0v) is 19.6. The van der Waals surface area contributed by atoms with Crippen LogP contribution >= 0.6 is 23.4 Å². The molecule has 0 radical (unpaired) electrons. The van der Waals surface area contributed by atoms with Gasteiger partial charge in [-0.25, -0.2) is 4.98 Å². The van der Waals surface area contributed by atoms with E-state index < -0.39 is 6.04 Å². The molecule has 8 heteroatoms. The van der Waals surface area contributed by atoms with Gasteiger partial charge in [-0.2, -0.15) is 11.8 Å². The molecule has 0 bridgehead atoms. The van der Waals surface area contributed by atoms with Crippen LogP contribution in [0.1, 0.15) is 41.4 Å². The molecule has 2 N–H and O–H groups in total. The number of piperidine rings is 1. The third-order valence-electron chi connectivity index (χ3n) is 5.93. The highest BCUT2D eigenvalue weighted by Gasteiger charge is 2.31. The van der Waals surface area contributed by atoms with Gasteiger partial charge in [0.25, 0.3) is 5.91 Å². The van der Waals surface area contributed by atoms with Crippen molar-refractivity contribution >= 4 is 46.2 Å². The summed E-state index contributed by atoms with van der Waals surface area (Å²) in [5, 5.41) is 3.30. The van der Waals surface area contributed by atoms with Crippen molar-refractivity contribution in [2.75, 3.05) is 25.1 Å². The molecular weight excluding hydrogens is 444 g/mol. The van der Waals surface area contributed by atoms with Crippen LogP contribution in [-0.4, -0.2) is 57.8 Å². The number of aromatic nitrogens is 2. The number of aromatic amines is 1. The molecule has 2 heterocycles. The normalized spacial score (nSPS) is 15.6. The number of hydrogen-bond donors (Lipinski definition) is 2. The molecule has 3 aromatic rings. The van der Waals surface area contributed by atoms with Gasteiger partial charge in [0, 0.05) is 19.0 Å². The second kappa shape index (κ2) is 10.4. The highest BCUT2D eigenvalue weighted by atomic mass is 35.5. The lowest BCUT2D eigenvalue weighted by atomic mass is 9.95. The summed E-state index contributed by atoms with van der Waals surface area (Å²) in [7, 11) is 0. The number of likely N-dealkylation sites (tertiary alicyclic amines) is 1. The smallest absolute Gasteiger partial charge is 0.253 e. The fourth-order valence-electron chi connectivity index (χ4n) is 4.13. The maximum absolute atomic E-state index is 13.3. The van der Waals surface area contributed by atoms with Crippen molar-refractivity contribution in [2.24, 2.45) is 0 Å². The number of amides is 2. The summed E-state index contributed by atoms with van der Waals surface area (Å²) in [4.78, 5) is 36.1. The molecule has 0 spiro atoms. The summed E-state index contributed by atoms with van der Waals surface area (Å²) in [6, 6.07) is 14.4. The minimum absolute atomic E-state index is 0.0255. The van der Waals surface area contributed by atoms with E-state index in [4.69, 9.17) is 16.6 Å². The van der Waals surface area contributed by atoms with Gasteiger partial charge in [0.15, 0.2) is 0 Å². The highest BCUT2D eigenvalue weighted by molar-refractivity contribution is 7.98. The Hall–Kier alpha value is -2.51. The highest BCUT2D eigenvalue weighted by Crippen LogP contribution is 2.28. The lowest BCUT2D eigenvalue weighted by molar-refractivity contribution is -0.134. The van der Waals surface area contributed by atoms with Crippen LogP contribution in [-0.2, 0) is 4.79 Å². The zero-order valence-electron chi connectivity index (χ0n) is 18.0. The number of imidazole rings is 1. The van der Waals surface area contributed by atoms with Gasteiger partial charge in [-0.05, 0) is 55.5 Å². The number of benzene rings is 2. The largest absolute Gasteiger partial charge is 0.342 e. The predicted molar refractivity (Wildman–Crippen MR) is 130 cm³/mol. The Kier molecular flexibility index (Phi) is 7.37. The van der Waals surface area contributed by atoms with Crippen molar-refractivity contribution < 1.29 is 9.59 Å². The summed E-state index contributed by atoms with van der Waals surface area (Å²) >= 11 is 7.83. The number of carbonyl (C=O) groups is 2. The molecule has 4 rings (SSSR count). The third kappa shape index (κ3) is 5.10. The topological polar surface area (TPSA) is 78.1 Å². The molecule has 0 aliphatic carbocycles. The van der Waals surface area contributed by atoms with Gasteiger partial charge in [-0.15, -0.1) is 0 Å². The van der Waals surface area contributed by atoms with Gasteiger partial charge >= 0.3 is 0 Å². The number of fused-ring (bicyclic) bond motifs is 1. The summed E-state index contributed by atoms with van der Waals surface area (Å²) in [6.07, 6.45) is 4.27. The van der Waals surface area contributed by atoms with E-state index >= 15 is 0 Å². The monoisotopic (exact) mass is 470 g/mol. The van der Waals surface area contributed by atoms with E-state index in [0.717, 1.165) is 35.5 Å². The van der Waals surface area contributed by atoms with Crippen LogP contribution in [0.25, 0.3) is 11.0 Å². The van der Waals surface area contributed by atoms with E-state index in [1.807, 2.05) is 35.4 Å². The second-order valence-electron chi connectivity index (χ2n) is 8.03. The lowest BCUT2D eigenvalue weighted by Gasteiger charge is -2.34. The first kappa shape index (κ1) is 22.7. The first-order valence-corrected chi connectivity index (χ1v) is 12.6. The molecule has 32 heavy (non-hydrogen) atoms. The molecule has 2 aromatic carbocycles. The molecule has 1 aromatic heterocycles. The number of carbonyl (C=O) groups excluding carboxylic acids is 2. The van der Waals surface area contributed by atoms with E-state index in [1.54, 1.807) is 36.0 Å².